The molecule has 0 saturated carbocycles. The quantitative estimate of drug-likeness (QED) is 0.111. The molecule has 14 nitrogen and oxygen atoms in total. The number of aryl methyl sites for hydroxylation is 1. The number of hydrogen-bond donors (Lipinski definition) is 6. The molecular weight excluding hydrogens is 727 g/mol. The van der Waals surface area contributed by atoms with E-state index in [2.05, 4.69) is 21.3 Å². The maximum Gasteiger partial charge on any atom is 0.251 e. The zero-order valence-electron chi connectivity index (χ0n) is 32.6. The molecule has 5 amide bonds. The molecule has 2 atom stereocenters. The first kappa shape index (κ1) is 41.9. The lowest BCUT2D eigenvalue weighted by molar-refractivity contribution is -0.139. The zero-order valence-corrected chi connectivity index (χ0v) is 32.6. The number of hydrogen-bond acceptors (Lipinski definition) is 9. The van der Waals surface area contributed by atoms with Crippen molar-refractivity contribution in [1.82, 2.24) is 26.2 Å². The van der Waals surface area contributed by atoms with Gasteiger partial charge in [-0.25, -0.2) is 0 Å². The van der Waals surface area contributed by atoms with E-state index >= 15 is 0 Å². The van der Waals surface area contributed by atoms with Crippen LogP contribution in [0.1, 0.15) is 46.4 Å². The van der Waals surface area contributed by atoms with Crippen molar-refractivity contribution in [3.8, 4) is 33.8 Å². The lowest BCUT2D eigenvalue weighted by atomic mass is 9.94. The Morgan fingerprint density at radius 1 is 0.825 bits per heavy atom. The highest BCUT2D eigenvalue weighted by molar-refractivity contribution is 5.98. The van der Waals surface area contributed by atoms with Crippen molar-refractivity contribution in [2.75, 3.05) is 53.0 Å². The second-order valence-corrected chi connectivity index (χ2v) is 13.7. The van der Waals surface area contributed by atoms with Crippen LogP contribution in [0.5, 0.6) is 11.5 Å². The molecule has 1 aliphatic rings. The molecule has 1 aliphatic heterocycles. The number of fused-ring (bicyclic) bond motifs is 5. The van der Waals surface area contributed by atoms with Crippen LogP contribution in [0.15, 0.2) is 84.9 Å². The van der Waals surface area contributed by atoms with Crippen molar-refractivity contribution in [1.29, 1.82) is 0 Å². The molecule has 4 bridgehead atoms. The number of rotatable bonds is 14. The molecule has 57 heavy (non-hydrogen) atoms. The van der Waals surface area contributed by atoms with Crippen LogP contribution in [-0.4, -0.2) is 93.5 Å². The summed E-state index contributed by atoms with van der Waals surface area (Å²) in [7, 11) is 1.46. The van der Waals surface area contributed by atoms with Gasteiger partial charge >= 0.3 is 0 Å². The van der Waals surface area contributed by atoms with Crippen molar-refractivity contribution in [2.45, 2.75) is 38.8 Å². The Balaban J connectivity index is 1.47. The first-order valence-corrected chi connectivity index (χ1v) is 19.0. The van der Waals surface area contributed by atoms with Gasteiger partial charge in [0.1, 0.15) is 30.8 Å². The standard InChI is InChI=1S/C43H51N7O7/c1-4-38(51)46-24-33-21-28-7-15-36(56-19-17-44)34(22-28)35-23-32(14-16-37(35)57-20-18-45)41(43(55)47-25-39(52)49-33)50(3)40(53)26-48-42(54)31-12-10-30(11-13-31)29-8-5-27(2)6-9-29/h5-16,22-23,33,41H,4,17-21,24-26,44-45H2,1-3H3,(H,46,51)(H,47,55)(H,48,54)(H,49,52)/t33-,41-/m0/s1. The summed E-state index contributed by atoms with van der Waals surface area (Å²) in [5.41, 5.74) is 17.5. The Hall–Kier alpha value is -6.25. The van der Waals surface area contributed by atoms with Crippen molar-refractivity contribution in [2.24, 2.45) is 11.5 Å². The number of carbonyl (C=O) groups is 5. The molecule has 300 valence electrons. The monoisotopic (exact) mass is 777 g/mol. The third kappa shape index (κ3) is 11.2. The van der Waals surface area contributed by atoms with Crippen molar-refractivity contribution in [3.05, 3.63) is 107 Å². The molecule has 0 unspecified atom stereocenters. The van der Waals surface area contributed by atoms with Crippen LogP contribution in [0.2, 0.25) is 0 Å². The molecule has 0 spiro atoms. The van der Waals surface area contributed by atoms with Crippen LogP contribution in [0, 0.1) is 6.92 Å². The maximum atomic E-state index is 14.1. The highest BCUT2D eigenvalue weighted by atomic mass is 16.5. The summed E-state index contributed by atoms with van der Waals surface area (Å²) in [6.45, 7) is 4.01. The predicted molar refractivity (Wildman–Crippen MR) is 217 cm³/mol. The van der Waals surface area contributed by atoms with E-state index in [0.717, 1.165) is 22.3 Å². The first-order valence-electron chi connectivity index (χ1n) is 19.0. The second-order valence-electron chi connectivity index (χ2n) is 13.7. The van der Waals surface area contributed by atoms with Gasteiger partial charge in [0, 0.05) is 49.8 Å². The average molecular weight is 778 g/mol. The van der Waals surface area contributed by atoms with E-state index in [9.17, 15) is 24.0 Å². The number of ether oxygens (including phenoxy) is 2. The molecule has 0 aromatic heterocycles. The molecule has 5 rings (SSSR count). The van der Waals surface area contributed by atoms with Gasteiger partial charge in [0.15, 0.2) is 0 Å². The second kappa shape index (κ2) is 20.1. The van der Waals surface area contributed by atoms with E-state index in [4.69, 9.17) is 20.9 Å². The van der Waals surface area contributed by atoms with Gasteiger partial charge in [0.25, 0.3) is 5.91 Å². The van der Waals surface area contributed by atoms with E-state index < -0.39 is 48.8 Å². The molecule has 0 radical (unpaired) electrons. The fourth-order valence-corrected chi connectivity index (χ4v) is 6.43. The number of amides is 5. The van der Waals surface area contributed by atoms with Gasteiger partial charge in [-0.2, -0.15) is 0 Å². The van der Waals surface area contributed by atoms with E-state index in [0.29, 0.717) is 40.2 Å². The Morgan fingerprint density at radius 3 is 2.07 bits per heavy atom. The van der Waals surface area contributed by atoms with Gasteiger partial charge in [0.2, 0.25) is 23.6 Å². The summed E-state index contributed by atoms with van der Waals surface area (Å²) < 4.78 is 12.2. The Kier molecular flexibility index (Phi) is 14.8. The van der Waals surface area contributed by atoms with Gasteiger partial charge in [-0.1, -0.05) is 61.0 Å². The maximum absolute atomic E-state index is 14.1. The van der Waals surface area contributed by atoms with Crippen molar-refractivity contribution < 1.29 is 33.4 Å². The van der Waals surface area contributed by atoms with Crippen LogP contribution in [-0.2, 0) is 25.6 Å². The SMILES string of the molecule is CCC(=O)NC[C@@H]1Cc2ccc(OCCN)c(c2)-c2cc(ccc2OCCN)[C@H](N(C)C(=O)CNC(=O)c2ccc(-c3ccc(C)cc3)cc2)C(=O)NCC(=O)N1. The minimum atomic E-state index is -1.24. The molecular formula is C43H51N7O7. The van der Waals surface area contributed by atoms with Crippen LogP contribution < -0.4 is 42.2 Å². The molecule has 0 fully saturated rings. The lowest BCUT2D eigenvalue weighted by Crippen LogP contribution is -2.50. The highest BCUT2D eigenvalue weighted by Gasteiger charge is 2.31. The first-order chi connectivity index (χ1) is 27.5. The largest absolute Gasteiger partial charge is 0.492 e. The fraction of sp³-hybridized carbons (Fsp3) is 0.326. The number of nitrogens with one attached hydrogen (secondary N) is 4. The summed E-state index contributed by atoms with van der Waals surface area (Å²) in [5.74, 6) is -1.37. The molecule has 0 saturated heterocycles. The van der Waals surface area contributed by atoms with Gasteiger partial charge in [-0.3, -0.25) is 24.0 Å². The number of nitrogens with two attached hydrogens (primary N) is 2. The zero-order chi connectivity index (χ0) is 40.9. The van der Waals surface area contributed by atoms with Crippen LogP contribution in [0.4, 0.5) is 0 Å². The number of benzene rings is 4. The summed E-state index contributed by atoms with van der Waals surface area (Å²) in [6, 6.07) is 24.0. The summed E-state index contributed by atoms with van der Waals surface area (Å²) in [6.07, 6.45) is 0.615. The predicted octanol–water partition coefficient (Wildman–Crippen LogP) is 2.62. The molecule has 14 heteroatoms. The van der Waals surface area contributed by atoms with Gasteiger partial charge in [-0.15, -0.1) is 0 Å². The molecule has 8 N–H and O–H groups in total. The fourth-order valence-electron chi connectivity index (χ4n) is 6.43. The Bertz CT molecular complexity index is 2050. The van der Waals surface area contributed by atoms with Crippen LogP contribution in [0.3, 0.4) is 0 Å². The van der Waals surface area contributed by atoms with Crippen LogP contribution in [0.25, 0.3) is 22.3 Å². The highest BCUT2D eigenvalue weighted by Crippen LogP contribution is 2.40. The minimum Gasteiger partial charge on any atom is -0.492 e. The number of nitrogens with zero attached hydrogens (tertiary/aromatic N) is 1. The number of carbonyl (C=O) groups excluding carboxylic acids is 5. The van der Waals surface area contributed by atoms with Crippen molar-refractivity contribution >= 4 is 29.5 Å². The van der Waals surface area contributed by atoms with Gasteiger partial charge in [0.05, 0.1) is 19.1 Å². The topological polar surface area (TPSA) is 207 Å². The van der Waals surface area contributed by atoms with E-state index in [1.807, 2.05) is 55.5 Å². The molecule has 4 aromatic carbocycles. The molecule has 1 heterocycles. The third-order valence-corrected chi connectivity index (χ3v) is 9.50. The normalized spacial score (nSPS) is 15.3. The third-order valence-electron chi connectivity index (χ3n) is 9.50. The smallest absolute Gasteiger partial charge is 0.251 e. The summed E-state index contributed by atoms with van der Waals surface area (Å²) in [5, 5.41) is 11.1. The van der Waals surface area contributed by atoms with Crippen LogP contribution >= 0.6 is 0 Å². The molecule has 0 aliphatic carbocycles. The number of likely N-dealkylation sites (N-methyl/N-ethyl adjacent to an activating group) is 1. The Labute approximate surface area is 332 Å². The van der Waals surface area contributed by atoms with E-state index in [-0.39, 0.29) is 45.2 Å². The van der Waals surface area contributed by atoms with E-state index in [1.165, 1.54) is 11.9 Å². The summed E-state index contributed by atoms with van der Waals surface area (Å²) >= 11 is 0. The van der Waals surface area contributed by atoms with E-state index in [1.54, 1.807) is 43.3 Å². The minimum absolute atomic E-state index is 0.149. The lowest BCUT2D eigenvalue weighted by Gasteiger charge is -2.29. The average Bonchev–Trinajstić information content (AvgIpc) is 3.22. The van der Waals surface area contributed by atoms with Gasteiger partial charge in [-0.05, 0) is 72.0 Å². The van der Waals surface area contributed by atoms with Gasteiger partial charge < -0.3 is 47.1 Å². The Morgan fingerprint density at radius 2 is 1.44 bits per heavy atom. The van der Waals surface area contributed by atoms with Crippen molar-refractivity contribution in [3.63, 3.8) is 0 Å². The molecule has 4 aromatic rings. The summed E-state index contributed by atoms with van der Waals surface area (Å²) in [4.78, 5) is 67.7.